The van der Waals surface area contributed by atoms with Crippen LogP contribution in [0.15, 0.2) is 48.8 Å². The lowest BCUT2D eigenvalue weighted by atomic mass is 10.1. The lowest BCUT2D eigenvalue weighted by Crippen LogP contribution is -2.24. The van der Waals surface area contributed by atoms with Crippen LogP contribution in [0.3, 0.4) is 0 Å². The zero-order valence-electron chi connectivity index (χ0n) is 12.5. The second kappa shape index (κ2) is 7.43. The molecule has 21 heavy (non-hydrogen) atoms. The summed E-state index contributed by atoms with van der Waals surface area (Å²) in [4.78, 5) is 18.3. The molecule has 110 valence electrons. The number of nitrogens with zero attached hydrogens (tertiary/aromatic N) is 2. The average molecular weight is 283 g/mol. The molecule has 1 amide bonds. The molecule has 0 saturated heterocycles. The van der Waals surface area contributed by atoms with Crippen molar-refractivity contribution in [2.24, 2.45) is 0 Å². The molecule has 0 atom stereocenters. The van der Waals surface area contributed by atoms with E-state index >= 15 is 0 Å². The number of carbonyl (C=O) groups is 1. The smallest absolute Gasteiger partial charge is 0.251 e. The Morgan fingerprint density at radius 2 is 1.67 bits per heavy atom. The van der Waals surface area contributed by atoms with Crippen LogP contribution in [0, 0.1) is 0 Å². The third-order valence-corrected chi connectivity index (χ3v) is 3.46. The molecule has 0 saturated carbocycles. The minimum absolute atomic E-state index is 0.0575. The van der Waals surface area contributed by atoms with Gasteiger partial charge >= 0.3 is 0 Å². The Kier molecular flexibility index (Phi) is 5.32. The monoisotopic (exact) mass is 283 g/mol. The second-order valence-corrected chi connectivity index (χ2v) is 4.76. The quantitative estimate of drug-likeness (QED) is 0.886. The molecule has 0 unspecified atom stereocenters. The first-order chi connectivity index (χ1) is 10.2. The van der Waals surface area contributed by atoms with Gasteiger partial charge in [-0.1, -0.05) is 0 Å². The molecule has 0 aliphatic carbocycles. The van der Waals surface area contributed by atoms with Gasteiger partial charge in [0, 0.05) is 43.3 Å². The number of pyridine rings is 1. The molecule has 0 spiro atoms. The van der Waals surface area contributed by atoms with Gasteiger partial charge in [0.25, 0.3) is 5.91 Å². The van der Waals surface area contributed by atoms with Crippen LogP contribution in [-0.4, -0.2) is 24.0 Å². The number of aromatic nitrogens is 1. The molecule has 1 aromatic heterocycles. The van der Waals surface area contributed by atoms with E-state index in [4.69, 9.17) is 0 Å². The first-order valence-electron chi connectivity index (χ1n) is 7.26. The summed E-state index contributed by atoms with van der Waals surface area (Å²) < 4.78 is 0. The van der Waals surface area contributed by atoms with Crippen molar-refractivity contribution < 1.29 is 4.79 Å². The van der Waals surface area contributed by atoms with E-state index in [1.807, 2.05) is 36.4 Å². The van der Waals surface area contributed by atoms with Crippen molar-refractivity contribution in [3.63, 3.8) is 0 Å². The molecule has 2 rings (SSSR count). The Hall–Kier alpha value is -2.36. The maximum atomic E-state index is 12.1. The largest absolute Gasteiger partial charge is 0.372 e. The van der Waals surface area contributed by atoms with Gasteiger partial charge in [0.15, 0.2) is 0 Å². The van der Waals surface area contributed by atoms with Crippen LogP contribution in [0.1, 0.15) is 29.8 Å². The van der Waals surface area contributed by atoms with E-state index in [2.05, 4.69) is 29.0 Å². The molecule has 0 aliphatic rings. The molecule has 4 nitrogen and oxygen atoms in total. The van der Waals surface area contributed by atoms with Crippen molar-refractivity contribution in [3.8, 4) is 0 Å². The molecule has 0 radical (unpaired) electrons. The van der Waals surface area contributed by atoms with E-state index in [1.165, 1.54) is 0 Å². The Morgan fingerprint density at radius 1 is 1.05 bits per heavy atom. The minimum atomic E-state index is -0.0575. The zero-order chi connectivity index (χ0) is 15.1. The highest BCUT2D eigenvalue weighted by atomic mass is 16.1. The van der Waals surface area contributed by atoms with Gasteiger partial charge in [-0.2, -0.15) is 0 Å². The van der Waals surface area contributed by atoms with Crippen LogP contribution in [0.25, 0.3) is 0 Å². The fraction of sp³-hybridized carbons (Fsp3) is 0.294. The highest BCUT2D eigenvalue weighted by Gasteiger charge is 2.07. The third kappa shape index (κ3) is 4.05. The van der Waals surface area contributed by atoms with E-state index in [1.54, 1.807) is 12.4 Å². The van der Waals surface area contributed by atoms with Crippen molar-refractivity contribution in [2.45, 2.75) is 20.4 Å². The highest BCUT2D eigenvalue weighted by molar-refractivity contribution is 5.94. The number of hydrogen-bond acceptors (Lipinski definition) is 3. The molecule has 4 heteroatoms. The normalized spacial score (nSPS) is 10.2. The van der Waals surface area contributed by atoms with Gasteiger partial charge in [0.05, 0.1) is 0 Å². The fourth-order valence-corrected chi connectivity index (χ4v) is 2.20. The Bertz CT molecular complexity index is 562. The molecule has 1 heterocycles. The van der Waals surface area contributed by atoms with Crippen LogP contribution in [0.2, 0.25) is 0 Å². The molecule has 1 aromatic carbocycles. The van der Waals surface area contributed by atoms with Crippen LogP contribution >= 0.6 is 0 Å². The van der Waals surface area contributed by atoms with E-state index in [0.29, 0.717) is 12.1 Å². The number of anilines is 1. The van der Waals surface area contributed by atoms with E-state index in [0.717, 1.165) is 24.3 Å². The van der Waals surface area contributed by atoms with Gasteiger partial charge in [0.1, 0.15) is 0 Å². The molecule has 0 aliphatic heterocycles. The number of amides is 1. The van der Waals surface area contributed by atoms with Gasteiger partial charge in [-0.25, -0.2) is 0 Å². The predicted octanol–water partition coefficient (Wildman–Crippen LogP) is 2.86. The van der Waals surface area contributed by atoms with Crippen molar-refractivity contribution in [1.29, 1.82) is 0 Å². The minimum Gasteiger partial charge on any atom is -0.372 e. The summed E-state index contributed by atoms with van der Waals surface area (Å²) in [5, 5.41) is 2.91. The van der Waals surface area contributed by atoms with Crippen molar-refractivity contribution >= 4 is 11.6 Å². The summed E-state index contributed by atoms with van der Waals surface area (Å²) >= 11 is 0. The van der Waals surface area contributed by atoms with E-state index < -0.39 is 0 Å². The van der Waals surface area contributed by atoms with Crippen LogP contribution < -0.4 is 10.2 Å². The maximum absolute atomic E-state index is 12.1. The van der Waals surface area contributed by atoms with Gasteiger partial charge in [-0.05, 0) is 55.8 Å². The Balaban J connectivity index is 1.97. The number of hydrogen-bond donors (Lipinski definition) is 1. The first kappa shape index (κ1) is 15.0. The molecule has 0 bridgehead atoms. The van der Waals surface area contributed by atoms with Gasteiger partial charge in [0.2, 0.25) is 0 Å². The van der Waals surface area contributed by atoms with E-state index in [9.17, 15) is 4.79 Å². The SMILES string of the molecule is CCN(CC)c1ccc(C(=O)NCc2ccncc2)cc1. The molecule has 1 N–H and O–H groups in total. The predicted molar refractivity (Wildman–Crippen MR) is 85.4 cm³/mol. The van der Waals surface area contributed by atoms with Crippen LogP contribution in [0.5, 0.6) is 0 Å². The van der Waals surface area contributed by atoms with Crippen molar-refractivity contribution in [3.05, 3.63) is 59.9 Å². The lowest BCUT2D eigenvalue weighted by molar-refractivity contribution is 0.0951. The fourth-order valence-electron chi connectivity index (χ4n) is 2.20. The van der Waals surface area contributed by atoms with Gasteiger partial charge in [-0.15, -0.1) is 0 Å². The topological polar surface area (TPSA) is 45.2 Å². The first-order valence-corrected chi connectivity index (χ1v) is 7.26. The van der Waals surface area contributed by atoms with E-state index in [-0.39, 0.29) is 5.91 Å². The summed E-state index contributed by atoms with van der Waals surface area (Å²) in [5.74, 6) is -0.0575. The van der Waals surface area contributed by atoms with Crippen LogP contribution in [-0.2, 0) is 6.54 Å². The Morgan fingerprint density at radius 3 is 2.24 bits per heavy atom. The number of carbonyl (C=O) groups excluding carboxylic acids is 1. The molecular formula is C17H21N3O. The summed E-state index contributed by atoms with van der Waals surface area (Å²) in [6.07, 6.45) is 3.45. The second-order valence-electron chi connectivity index (χ2n) is 4.76. The van der Waals surface area contributed by atoms with Gasteiger partial charge in [-0.3, -0.25) is 9.78 Å². The molecular weight excluding hydrogens is 262 g/mol. The number of nitrogens with one attached hydrogen (secondary N) is 1. The summed E-state index contributed by atoms with van der Waals surface area (Å²) in [6, 6.07) is 11.5. The summed E-state index contributed by atoms with van der Waals surface area (Å²) in [6.45, 7) is 6.69. The number of rotatable bonds is 6. The van der Waals surface area contributed by atoms with Crippen molar-refractivity contribution in [1.82, 2.24) is 10.3 Å². The third-order valence-electron chi connectivity index (χ3n) is 3.46. The summed E-state index contributed by atoms with van der Waals surface area (Å²) in [5.41, 5.74) is 2.86. The van der Waals surface area contributed by atoms with Crippen molar-refractivity contribution in [2.75, 3.05) is 18.0 Å². The lowest BCUT2D eigenvalue weighted by Gasteiger charge is -2.21. The van der Waals surface area contributed by atoms with Gasteiger partial charge < -0.3 is 10.2 Å². The van der Waals surface area contributed by atoms with Crippen LogP contribution in [0.4, 0.5) is 5.69 Å². The zero-order valence-corrected chi connectivity index (χ0v) is 12.5. The molecule has 2 aromatic rings. The highest BCUT2D eigenvalue weighted by Crippen LogP contribution is 2.14. The number of benzene rings is 1. The molecule has 0 fully saturated rings. The average Bonchev–Trinajstić information content (AvgIpc) is 2.55. The maximum Gasteiger partial charge on any atom is 0.251 e. The Labute approximate surface area is 125 Å². The standard InChI is InChI=1S/C17H21N3O/c1-3-20(4-2)16-7-5-15(6-8-16)17(21)19-13-14-9-11-18-12-10-14/h5-12H,3-4,13H2,1-2H3,(H,19,21). The summed E-state index contributed by atoms with van der Waals surface area (Å²) in [7, 11) is 0.